The maximum absolute atomic E-state index is 13.0. The number of nitrogens with zero attached hydrogens (tertiary/aromatic N) is 1. The fourth-order valence-corrected chi connectivity index (χ4v) is 4.05. The fraction of sp³-hybridized carbons (Fsp3) is 0.391. The number of aryl methyl sites for hydroxylation is 1. The van der Waals surface area contributed by atoms with Crippen LogP contribution in [0.25, 0.3) is 0 Å². The number of anilines is 1. The molecule has 1 saturated heterocycles. The first-order valence-electron chi connectivity index (χ1n) is 9.98. The molecule has 1 fully saturated rings. The summed E-state index contributed by atoms with van der Waals surface area (Å²) in [5.74, 6) is -0.464. The fourth-order valence-electron chi connectivity index (χ4n) is 4.05. The van der Waals surface area contributed by atoms with Crippen molar-refractivity contribution in [3.8, 4) is 0 Å². The number of nitrogens with one attached hydrogen (secondary N) is 1. The molecule has 0 aromatic heterocycles. The standard InChI is InChI=1S/C23H28N2O3.BrH/c1-3-28-23(27)20-13-9-10-18(2)22(20)24-21(26)17-25(14-7-8-15-25)16-19-11-5-4-6-12-19;/h4-6,9-13H,3,7-8,14-17H2,1-2H3;1H. The summed E-state index contributed by atoms with van der Waals surface area (Å²) in [5.41, 5.74) is 3.07. The van der Waals surface area contributed by atoms with Gasteiger partial charge in [-0.2, -0.15) is 0 Å². The van der Waals surface area contributed by atoms with Crippen molar-refractivity contribution in [2.45, 2.75) is 33.2 Å². The normalized spacial score (nSPS) is 14.7. The molecule has 0 unspecified atom stereocenters. The zero-order valence-electron chi connectivity index (χ0n) is 17.1. The van der Waals surface area contributed by atoms with Gasteiger partial charge in [0.1, 0.15) is 6.54 Å². The van der Waals surface area contributed by atoms with E-state index in [9.17, 15) is 9.59 Å². The van der Waals surface area contributed by atoms with Gasteiger partial charge in [-0.25, -0.2) is 4.79 Å². The average molecular weight is 461 g/mol. The summed E-state index contributed by atoms with van der Waals surface area (Å²) in [6.07, 6.45) is 2.27. The molecule has 2 aromatic rings. The van der Waals surface area contributed by atoms with Gasteiger partial charge in [0.05, 0.1) is 30.9 Å². The summed E-state index contributed by atoms with van der Waals surface area (Å²) in [4.78, 5) is 25.2. The van der Waals surface area contributed by atoms with E-state index in [1.54, 1.807) is 19.1 Å². The molecule has 0 aliphatic carbocycles. The highest BCUT2D eigenvalue weighted by Gasteiger charge is 2.35. The Balaban J connectivity index is 0.00000300. The van der Waals surface area contributed by atoms with Crippen molar-refractivity contribution in [1.82, 2.24) is 0 Å². The predicted octanol–water partition coefficient (Wildman–Crippen LogP) is 0.925. The molecule has 29 heavy (non-hydrogen) atoms. The van der Waals surface area contributed by atoms with Gasteiger partial charge in [-0.3, -0.25) is 4.79 Å². The van der Waals surface area contributed by atoms with Gasteiger partial charge in [0.2, 0.25) is 0 Å². The molecule has 1 N–H and O–H groups in total. The lowest BCUT2D eigenvalue weighted by Gasteiger charge is -2.33. The molecule has 1 amide bonds. The number of quaternary nitrogens is 1. The second-order valence-corrected chi connectivity index (χ2v) is 7.56. The number of likely N-dealkylation sites (tertiary alicyclic amines) is 1. The number of hydrogen-bond donors (Lipinski definition) is 1. The molecule has 0 bridgehead atoms. The first-order chi connectivity index (χ1) is 13.5. The van der Waals surface area contributed by atoms with Crippen LogP contribution < -0.4 is 22.3 Å². The molecule has 1 heterocycles. The number of halogens is 1. The van der Waals surface area contributed by atoms with Crippen molar-refractivity contribution in [2.24, 2.45) is 0 Å². The molecule has 0 atom stereocenters. The van der Waals surface area contributed by atoms with Gasteiger partial charge in [-0.05, 0) is 25.5 Å². The van der Waals surface area contributed by atoms with Crippen LogP contribution in [0.15, 0.2) is 48.5 Å². The summed E-state index contributed by atoms with van der Waals surface area (Å²) >= 11 is 0. The van der Waals surface area contributed by atoms with Crippen LogP contribution in [0.4, 0.5) is 5.69 Å². The third-order valence-corrected chi connectivity index (χ3v) is 5.39. The van der Waals surface area contributed by atoms with E-state index in [1.165, 1.54) is 5.56 Å². The smallest absolute Gasteiger partial charge is 0.340 e. The molecule has 0 saturated carbocycles. The number of esters is 1. The van der Waals surface area contributed by atoms with Crippen LogP contribution >= 0.6 is 0 Å². The van der Waals surface area contributed by atoms with Crippen LogP contribution in [0.2, 0.25) is 0 Å². The monoisotopic (exact) mass is 460 g/mol. The van der Waals surface area contributed by atoms with Gasteiger partial charge < -0.3 is 31.5 Å². The number of hydrogen-bond acceptors (Lipinski definition) is 3. The Morgan fingerprint density at radius 1 is 1.03 bits per heavy atom. The zero-order chi connectivity index (χ0) is 20.0. The molecule has 1 aliphatic rings. The van der Waals surface area contributed by atoms with Crippen LogP contribution in [0.5, 0.6) is 0 Å². The van der Waals surface area contributed by atoms with Crippen molar-refractivity contribution in [3.63, 3.8) is 0 Å². The molecule has 2 aromatic carbocycles. The van der Waals surface area contributed by atoms with Crippen molar-refractivity contribution in [1.29, 1.82) is 0 Å². The SMILES string of the molecule is CCOC(=O)c1cccc(C)c1NC(=O)C[N+]1(Cc2ccccc2)CCCC1.[Br-]. The van der Waals surface area contributed by atoms with Gasteiger partial charge in [-0.1, -0.05) is 42.5 Å². The lowest BCUT2D eigenvalue weighted by molar-refractivity contribution is -0.922. The quantitative estimate of drug-likeness (QED) is 0.493. The molecule has 6 heteroatoms. The van der Waals surface area contributed by atoms with Crippen molar-refractivity contribution in [2.75, 3.05) is 31.6 Å². The molecule has 0 spiro atoms. The van der Waals surface area contributed by atoms with Crippen molar-refractivity contribution < 1.29 is 35.8 Å². The van der Waals surface area contributed by atoms with E-state index in [-0.39, 0.29) is 22.9 Å². The molecule has 5 nitrogen and oxygen atoms in total. The van der Waals surface area contributed by atoms with E-state index in [2.05, 4.69) is 17.4 Å². The van der Waals surface area contributed by atoms with Gasteiger partial charge >= 0.3 is 5.97 Å². The Morgan fingerprint density at radius 3 is 2.38 bits per heavy atom. The Kier molecular flexibility index (Phi) is 8.41. The molecule has 0 radical (unpaired) electrons. The number of benzene rings is 2. The second kappa shape index (κ2) is 10.6. The molecule has 156 valence electrons. The summed E-state index contributed by atoms with van der Waals surface area (Å²) < 4.78 is 5.90. The van der Waals surface area contributed by atoms with E-state index in [1.807, 2.05) is 31.2 Å². The Hall–Kier alpha value is -2.18. The second-order valence-electron chi connectivity index (χ2n) is 7.56. The van der Waals surface area contributed by atoms with Gasteiger partial charge in [0.25, 0.3) is 5.91 Å². The summed E-state index contributed by atoms with van der Waals surface area (Å²) in [7, 11) is 0. The van der Waals surface area contributed by atoms with E-state index in [0.29, 0.717) is 24.4 Å². The lowest BCUT2D eigenvalue weighted by atomic mass is 10.1. The highest BCUT2D eigenvalue weighted by Crippen LogP contribution is 2.25. The summed E-state index contributed by atoms with van der Waals surface area (Å²) in [5, 5.41) is 3.00. The number of carbonyl (C=O) groups excluding carboxylic acids is 2. The van der Waals surface area contributed by atoms with E-state index >= 15 is 0 Å². The largest absolute Gasteiger partial charge is 1.00 e. The van der Waals surface area contributed by atoms with E-state index < -0.39 is 5.97 Å². The van der Waals surface area contributed by atoms with Crippen LogP contribution in [-0.4, -0.2) is 42.6 Å². The maximum atomic E-state index is 13.0. The first kappa shape index (κ1) is 23.1. The number of para-hydroxylation sites is 1. The van der Waals surface area contributed by atoms with Crippen LogP contribution in [0.1, 0.15) is 41.3 Å². The van der Waals surface area contributed by atoms with E-state index in [4.69, 9.17) is 4.74 Å². The minimum absolute atomic E-state index is 0. The molecule has 1 aliphatic heterocycles. The number of rotatable bonds is 7. The van der Waals surface area contributed by atoms with Crippen LogP contribution in [-0.2, 0) is 16.1 Å². The predicted molar refractivity (Wildman–Crippen MR) is 110 cm³/mol. The zero-order valence-corrected chi connectivity index (χ0v) is 18.7. The maximum Gasteiger partial charge on any atom is 0.340 e. The van der Waals surface area contributed by atoms with Crippen molar-refractivity contribution >= 4 is 17.6 Å². The molecular formula is C23H29BrN2O3. The average Bonchev–Trinajstić information content (AvgIpc) is 3.12. The number of amides is 1. The van der Waals surface area contributed by atoms with Gasteiger partial charge in [0, 0.05) is 18.4 Å². The van der Waals surface area contributed by atoms with Crippen LogP contribution in [0, 0.1) is 6.92 Å². The Labute approximate surface area is 183 Å². The summed E-state index contributed by atoms with van der Waals surface area (Å²) in [6.45, 7) is 7.23. The minimum atomic E-state index is -0.407. The van der Waals surface area contributed by atoms with Gasteiger partial charge in [-0.15, -0.1) is 0 Å². The Morgan fingerprint density at radius 2 is 1.72 bits per heavy atom. The van der Waals surface area contributed by atoms with Crippen molar-refractivity contribution in [3.05, 3.63) is 65.2 Å². The number of ether oxygens (including phenoxy) is 1. The van der Waals surface area contributed by atoms with Gasteiger partial charge in [0.15, 0.2) is 6.54 Å². The molecule has 3 rings (SSSR count). The Bertz CT molecular complexity index is 833. The topological polar surface area (TPSA) is 55.4 Å². The third-order valence-electron chi connectivity index (χ3n) is 5.39. The third kappa shape index (κ3) is 5.90. The van der Waals surface area contributed by atoms with E-state index in [0.717, 1.165) is 42.5 Å². The highest BCUT2D eigenvalue weighted by atomic mass is 79.9. The highest BCUT2D eigenvalue weighted by molar-refractivity contribution is 6.02. The molecular weight excluding hydrogens is 432 g/mol. The van der Waals surface area contributed by atoms with Crippen LogP contribution in [0.3, 0.4) is 0 Å². The first-order valence-corrected chi connectivity index (χ1v) is 9.98. The number of carbonyl (C=O) groups is 2. The minimum Gasteiger partial charge on any atom is -1.00 e. The summed E-state index contributed by atoms with van der Waals surface area (Å²) in [6, 6.07) is 15.7. The lowest BCUT2D eigenvalue weighted by Crippen LogP contribution is -3.00.